The van der Waals surface area contributed by atoms with E-state index in [0.29, 0.717) is 23.8 Å². The lowest BCUT2D eigenvalue weighted by molar-refractivity contribution is -0.137. The summed E-state index contributed by atoms with van der Waals surface area (Å²) in [4.78, 5) is 11.0. The van der Waals surface area contributed by atoms with Crippen molar-refractivity contribution in [2.24, 2.45) is 0 Å². The van der Waals surface area contributed by atoms with Crippen LogP contribution in [-0.2, 0) is 15.6 Å². The Bertz CT molecular complexity index is 763. The Hall–Kier alpha value is -1.98. The molecule has 0 fully saturated rings. The number of hydrogen-bond donors (Lipinski definition) is 2. The summed E-state index contributed by atoms with van der Waals surface area (Å²) in [6.45, 7) is 0.208. The number of carbonyl (C=O) groups is 1. The first kappa shape index (κ1) is 25.3. The Morgan fingerprint density at radius 1 is 0.742 bits per heavy atom. The van der Waals surface area contributed by atoms with Crippen molar-refractivity contribution in [3.63, 3.8) is 0 Å². The maximum absolute atomic E-state index is 12.5. The van der Waals surface area contributed by atoms with Gasteiger partial charge in [0.2, 0.25) is 0 Å². The Labute approximate surface area is 189 Å². The third-order valence-corrected chi connectivity index (χ3v) is 7.30. The van der Waals surface area contributed by atoms with E-state index in [1.54, 1.807) is 0 Å². The lowest BCUT2D eigenvalue weighted by Gasteiger charge is -2.17. The Balaban J connectivity index is 1.76. The largest absolute Gasteiger partial charge is 0.481 e. The molecule has 0 aliphatic rings. The molecule has 31 heavy (non-hydrogen) atoms. The van der Waals surface area contributed by atoms with Gasteiger partial charge in [0.1, 0.15) is 0 Å². The predicted octanol–water partition coefficient (Wildman–Crippen LogP) is 5.50. The third-order valence-electron chi connectivity index (χ3n) is 5.81. The number of aliphatic hydroxyl groups is 1. The molecule has 2 N–H and O–H groups in total. The zero-order valence-corrected chi connectivity index (χ0v) is 19.1. The van der Waals surface area contributed by atoms with Gasteiger partial charge in [-0.2, -0.15) is 0 Å². The van der Waals surface area contributed by atoms with Crippen molar-refractivity contribution >= 4 is 16.8 Å². The van der Waals surface area contributed by atoms with E-state index < -0.39 is 16.8 Å². The fraction of sp³-hybridized carbons (Fsp3) is 0.500. The van der Waals surface area contributed by atoms with Crippen molar-refractivity contribution in [3.8, 4) is 0 Å². The van der Waals surface area contributed by atoms with Gasteiger partial charge in [0.25, 0.3) is 0 Å². The fourth-order valence-corrected chi connectivity index (χ4v) is 5.31. The number of benzene rings is 2. The molecular weight excluding hydrogens is 408 g/mol. The summed E-state index contributed by atoms with van der Waals surface area (Å²) >= 11 is 0. The predicted molar refractivity (Wildman–Crippen MR) is 128 cm³/mol. The number of carboxylic acids is 1. The van der Waals surface area contributed by atoms with Crippen molar-refractivity contribution in [2.45, 2.75) is 63.2 Å². The van der Waals surface area contributed by atoms with Gasteiger partial charge >= 0.3 is 5.97 Å². The van der Waals surface area contributed by atoms with Crippen molar-refractivity contribution in [3.05, 3.63) is 71.8 Å². The highest BCUT2D eigenvalue weighted by atomic mass is 32.2. The van der Waals surface area contributed by atoms with Crippen LogP contribution in [0.3, 0.4) is 0 Å². The molecule has 0 spiro atoms. The van der Waals surface area contributed by atoms with Crippen molar-refractivity contribution in [1.82, 2.24) is 0 Å². The Morgan fingerprint density at radius 2 is 1.19 bits per heavy atom. The van der Waals surface area contributed by atoms with Crippen LogP contribution in [0.2, 0.25) is 0 Å². The van der Waals surface area contributed by atoms with Gasteiger partial charge in [-0.1, -0.05) is 60.7 Å². The van der Waals surface area contributed by atoms with Gasteiger partial charge in [-0.3, -0.25) is 9.00 Å². The van der Waals surface area contributed by atoms with Crippen LogP contribution in [0.15, 0.2) is 60.7 Å². The standard InChI is InChI=1S/C26H36O4S/c27-19-7-14-24(22-10-3-1-4-11-22)15-8-20-31(30)21-9-16-25(17-18-26(28)29)23-12-5-2-6-13-23/h1-6,10-13,24-25,27H,7-9,14-21H2,(H,28,29). The number of aliphatic carboxylic acids is 1. The van der Waals surface area contributed by atoms with E-state index in [-0.39, 0.29) is 18.9 Å². The quantitative estimate of drug-likeness (QED) is 0.358. The SMILES string of the molecule is O=C(O)CCC(CCCS(=O)CCCC(CCCO)c1ccccc1)c1ccccc1. The summed E-state index contributed by atoms with van der Waals surface area (Å²) in [7, 11) is -0.850. The van der Waals surface area contributed by atoms with Gasteiger partial charge in [0.05, 0.1) is 0 Å². The van der Waals surface area contributed by atoms with Crippen molar-refractivity contribution < 1.29 is 19.2 Å². The second-order valence-electron chi connectivity index (χ2n) is 8.15. The molecule has 0 bridgehead atoms. The Morgan fingerprint density at radius 3 is 1.65 bits per heavy atom. The molecule has 170 valence electrons. The van der Waals surface area contributed by atoms with E-state index >= 15 is 0 Å². The van der Waals surface area contributed by atoms with Crippen LogP contribution in [0.25, 0.3) is 0 Å². The summed E-state index contributed by atoms with van der Waals surface area (Å²) in [5.41, 5.74) is 2.47. The van der Waals surface area contributed by atoms with Crippen LogP contribution in [0.1, 0.15) is 74.3 Å². The molecule has 0 radical (unpaired) electrons. The molecule has 3 atom stereocenters. The van der Waals surface area contributed by atoms with E-state index in [9.17, 15) is 14.1 Å². The maximum Gasteiger partial charge on any atom is 0.303 e. The number of carboxylic acid groups (broad SMARTS) is 1. The van der Waals surface area contributed by atoms with Gasteiger partial charge in [0, 0.05) is 35.3 Å². The van der Waals surface area contributed by atoms with Crippen LogP contribution < -0.4 is 0 Å². The average Bonchev–Trinajstić information content (AvgIpc) is 2.79. The second kappa shape index (κ2) is 14.9. The Kier molecular flexibility index (Phi) is 12.2. The molecule has 0 amide bonds. The van der Waals surface area contributed by atoms with Crippen LogP contribution in [-0.4, -0.2) is 38.5 Å². The van der Waals surface area contributed by atoms with Crippen molar-refractivity contribution in [1.29, 1.82) is 0 Å². The topological polar surface area (TPSA) is 74.6 Å². The minimum absolute atomic E-state index is 0.164. The lowest BCUT2D eigenvalue weighted by Crippen LogP contribution is -2.09. The highest BCUT2D eigenvalue weighted by molar-refractivity contribution is 7.84. The molecule has 0 aliphatic heterocycles. The first-order valence-corrected chi connectivity index (χ1v) is 12.9. The normalized spacial score (nSPS) is 14.1. The highest BCUT2D eigenvalue weighted by Gasteiger charge is 2.15. The van der Waals surface area contributed by atoms with Crippen LogP contribution >= 0.6 is 0 Å². The minimum atomic E-state index is -0.850. The van der Waals surface area contributed by atoms with Gasteiger partial charge < -0.3 is 10.2 Å². The van der Waals surface area contributed by atoms with E-state index in [4.69, 9.17) is 5.11 Å². The van der Waals surface area contributed by atoms with E-state index in [2.05, 4.69) is 24.3 Å². The molecule has 2 aromatic carbocycles. The average molecular weight is 445 g/mol. The number of hydrogen-bond acceptors (Lipinski definition) is 3. The third kappa shape index (κ3) is 10.3. The summed E-state index contributed by atoms with van der Waals surface area (Å²) in [5, 5.41) is 18.2. The smallest absolute Gasteiger partial charge is 0.303 e. The van der Waals surface area contributed by atoms with E-state index in [0.717, 1.165) is 38.5 Å². The molecule has 4 nitrogen and oxygen atoms in total. The molecule has 0 saturated carbocycles. The summed E-state index contributed by atoms with van der Waals surface area (Å²) in [5.74, 6) is 1.22. The fourth-order valence-electron chi connectivity index (χ4n) is 4.12. The maximum atomic E-state index is 12.5. The zero-order valence-electron chi connectivity index (χ0n) is 18.3. The lowest BCUT2D eigenvalue weighted by atomic mass is 9.90. The molecule has 3 unspecified atom stereocenters. The highest BCUT2D eigenvalue weighted by Crippen LogP contribution is 2.28. The summed E-state index contributed by atoms with van der Waals surface area (Å²) in [6, 6.07) is 20.4. The first-order chi connectivity index (χ1) is 15.1. The number of aliphatic hydroxyl groups excluding tert-OH is 1. The molecule has 2 rings (SSSR count). The van der Waals surface area contributed by atoms with E-state index in [1.807, 2.05) is 36.4 Å². The zero-order chi connectivity index (χ0) is 22.3. The molecule has 0 aromatic heterocycles. The first-order valence-electron chi connectivity index (χ1n) is 11.4. The number of rotatable bonds is 16. The summed E-state index contributed by atoms with van der Waals surface area (Å²) < 4.78 is 12.5. The van der Waals surface area contributed by atoms with Crippen molar-refractivity contribution in [2.75, 3.05) is 18.1 Å². The van der Waals surface area contributed by atoms with Gasteiger partial charge in [-0.15, -0.1) is 0 Å². The molecule has 5 heteroatoms. The minimum Gasteiger partial charge on any atom is -0.481 e. The molecule has 2 aromatic rings. The second-order valence-corrected chi connectivity index (χ2v) is 9.84. The van der Waals surface area contributed by atoms with Crippen LogP contribution in [0.5, 0.6) is 0 Å². The van der Waals surface area contributed by atoms with Gasteiger partial charge in [0.15, 0.2) is 0 Å². The van der Waals surface area contributed by atoms with E-state index in [1.165, 1.54) is 11.1 Å². The van der Waals surface area contributed by atoms with Crippen LogP contribution in [0, 0.1) is 0 Å². The van der Waals surface area contributed by atoms with Gasteiger partial charge in [-0.05, 0) is 67.9 Å². The molecule has 0 saturated heterocycles. The molecule has 0 heterocycles. The monoisotopic (exact) mass is 444 g/mol. The molecular formula is C26H36O4S. The molecule has 0 aliphatic carbocycles. The van der Waals surface area contributed by atoms with Gasteiger partial charge in [-0.25, -0.2) is 0 Å². The summed E-state index contributed by atoms with van der Waals surface area (Å²) in [6.07, 6.45) is 6.15. The van der Waals surface area contributed by atoms with Crippen LogP contribution in [0.4, 0.5) is 0 Å².